The molecular formula is C21H18BrNO5S2. The molecule has 1 heterocycles. The van der Waals surface area contributed by atoms with Gasteiger partial charge in [-0.2, -0.15) is 0 Å². The number of methoxy groups -OCH3 is 1. The molecule has 0 spiro atoms. The first-order chi connectivity index (χ1) is 14.4. The van der Waals surface area contributed by atoms with Gasteiger partial charge in [0.05, 0.1) is 24.3 Å². The molecule has 0 radical (unpaired) electrons. The number of carbonyl (C=O) groups is 2. The number of benzene rings is 2. The molecule has 6 nitrogen and oxygen atoms in total. The van der Waals surface area contributed by atoms with E-state index < -0.39 is 5.97 Å². The first-order valence-corrected chi connectivity index (χ1v) is 10.9. The van der Waals surface area contributed by atoms with Gasteiger partial charge in [-0.05, 0) is 48.9 Å². The first kappa shape index (κ1) is 22.3. The molecule has 156 valence electrons. The molecule has 0 aliphatic carbocycles. The van der Waals surface area contributed by atoms with Crippen molar-refractivity contribution in [1.29, 1.82) is 0 Å². The van der Waals surface area contributed by atoms with Crippen molar-refractivity contribution in [3.63, 3.8) is 0 Å². The number of hydrogen-bond acceptors (Lipinski definition) is 7. The van der Waals surface area contributed by atoms with E-state index in [0.717, 1.165) is 10.0 Å². The predicted octanol–water partition coefficient (Wildman–Crippen LogP) is 4.81. The molecule has 2 aromatic rings. The Bertz CT molecular complexity index is 1020. The van der Waals surface area contributed by atoms with Crippen LogP contribution in [-0.4, -0.2) is 36.5 Å². The summed E-state index contributed by atoms with van der Waals surface area (Å²) in [5.41, 5.74) is 1.45. The van der Waals surface area contributed by atoms with E-state index in [0.29, 0.717) is 33.0 Å². The van der Waals surface area contributed by atoms with Crippen molar-refractivity contribution in [2.75, 3.05) is 25.2 Å². The van der Waals surface area contributed by atoms with Crippen LogP contribution in [0.4, 0.5) is 5.69 Å². The smallest absolute Gasteiger partial charge is 0.343 e. The number of hydrogen-bond donors (Lipinski definition) is 0. The number of amides is 1. The van der Waals surface area contributed by atoms with Crippen LogP contribution in [0.2, 0.25) is 0 Å². The molecule has 0 atom stereocenters. The van der Waals surface area contributed by atoms with Crippen LogP contribution in [0.25, 0.3) is 6.08 Å². The lowest BCUT2D eigenvalue weighted by Crippen LogP contribution is -2.27. The van der Waals surface area contributed by atoms with Crippen molar-refractivity contribution >= 4 is 67.9 Å². The van der Waals surface area contributed by atoms with Crippen molar-refractivity contribution < 1.29 is 23.8 Å². The lowest BCUT2D eigenvalue weighted by atomic mass is 10.1. The second-order valence-electron chi connectivity index (χ2n) is 6.00. The van der Waals surface area contributed by atoms with Crippen LogP contribution in [-0.2, 0) is 14.3 Å². The molecule has 1 saturated heterocycles. The van der Waals surface area contributed by atoms with Crippen LogP contribution in [0.5, 0.6) is 11.5 Å². The summed E-state index contributed by atoms with van der Waals surface area (Å²) in [6, 6.07) is 12.6. The van der Waals surface area contributed by atoms with Gasteiger partial charge in [0.1, 0.15) is 0 Å². The molecular weight excluding hydrogens is 490 g/mol. The van der Waals surface area contributed by atoms with Gasteiger partial charge in [-0.3, -0.25) is 9.69 Å². The van der Waals surface area contributed by atoms with E-state index in [1.165, 1.54) is 23.8 Å². The molecule has 1 aliphatic heterocycles. The second kappa shape index (κ2) is 10.1. The highest BCUT2D eigenvalue weighted by molar-refractivity contribution is 9.10. The monoisotopic (exact) mass is 507 g/mol. The van der Waals surface area contributed by atoms with Crippen molar-refractivity contribution in [2.45, 2.75) is 6.92 Å². The second-order valence-corrected chi connectivity index (χ2v) is 8.59. The fraction of sp³-hybridized carbons (Fsp3) is 0.190. The number of esters is 1. The molecule has 0 unspecified atom stereocenters. The molecule has 0 N–H and O–H groups in total. The highest BCUT2D eigenvalue weighted by atomic mass is 79.9. The summed E-state index contributed by atoms with van der Waals surface area (Å²) in [5, 5.41) is 0. The maximum absolute atomic E-state index is 12.9. The Morgan fingerprint density at radius 2 is 2.00 bits per heavy atom. The van der Waals surface area contributed by atoms with Gasteiger partial charge >= 0.3 is 5.97 Å². The summed E-state index contributed by atoms with van der Waals surface area (Å²) >= 11 is 10.1. The van der Waals surface area contributed by atoms with E-state index >= 15 is 0 Å². The Balaban J connectivity index is 1.85. The lowest BCUT2D eigenvalue weighted by Gasteiger charge is -2.14. The zero-order valence-corrected chi connectivity index (χ0v) is 19.4. The zero-order chi connectivity index (χ0) is 21.7. The number of anilines is 1. The van der Waals surface area contributed by atoms with E-state index in [9.17, 15) is 9.59 Å². The van der Waals surface area contributed by atoms with Gasteiger partial charge in [0.25, 0.3) is 5.91 Å². The number of carbonyl (C=O) groups excluding carboxylic acids is 2. The Kier molecular flexibility index (Phi) is 7.52. The third-order valence-corrected chi connectivity index (χ3v) is 5.79. The predicted molar refractivity (Wildman–Crippen MR) is 125 cm³/mol. The average molecular weight is 508 g/mol. The first-order valence-electron chi connectivity index (χ1n) is 8.93. The van der Waals surface area contributed by atoms with Gasteiger partial charge in [-0.1, -0.05) is 52.0 Å². The summed E-state index contributed by atoms with van der Waals surface area (Å²) in [6.07, 6.45) is 1.75. The Morgan fingerprint density at radius 1 is 1.20 bits per heavy atom. The van der Waals surface area contributed by atoms with E-state index in [1.807, 2.05) is 31.2 Å². The normalized spacial score (nSPS) is 14.9. The molecule has 30 heavy (non-hydrogen) atoms. The molecule has 1 amide bonds. The Hall–Kier alpha value is -2.36. The van der Waals surface area contributed by atoms with Gasteiger partial charge < -0.3 is 14.2 Å². The molecule has 3 rings (SSSR count). The molecule has 0 saturated carbocycles. The minimum Gasteiger partial charge on any atom is -0.490 e. The topological polar surface area (TPSA) is 65.1 Å². The van der Waals surface area contributed by atoms with Crippen LogP contribution >= 0.6 is 39.9 Å². The quantitative estimate of drug-likeness (QED) is 0.302. The van der Waals surface area contributed by atoms with Gasteiger partial charge in [0, 0.05) is 4.47 Å². The van der Waals surface area contributed by atoms with Crippen LogP contribution < -0.4 is 14.4 Å². The molecule has 9 heteroatoms. The van der Waals surface area contributed by atoms with E-state index in [4.69, 9.17) is 21.7 Å². The number of thioether (sulfide) groups is 1. The molecule has 1 fully saturated rings. The summed E-state index contributed by atoms with van der Waals surface area (Å²) < 4.78 is 17.0. The van der Waals surface area contributed by atoms with Gasteiger partial charge in [-0.25, -0.2) is 4.79 Å². The summed E-state index contributed by atoms with van der Waals surface area (Å²) in [4.78, 5) is 26.3. The molecule has 2 aromatic carbocycles. The van der Waals surface area contributed by atoms with E-state index in [2.05, 4.69) is 20.7 Å². The maximum atomic E-state index is 12.9. The third kappa shape index (κ3) is 5.21. The molecule has 1 aliphatic rings. The highest BCUT2D eigenvalue weighted by Crippen LogP contribution is 2.37. The van der Waals surface area contributed by atoms with Crippen molar-refractivity contribution in [3.8, 4) is 11.5 Å². The average Bonchev–Trinajstić information content (AvgIpc) is 3.00. The Labute approximate surface area is 192 Å². The fourth-order valence-electron chi connectivity index (χ4n) is 2.65. The van der Waals surface area contributed by atoms with Crippen LogP contribution in [0.1, 0.15) is 12.5 Å². The largest absolute Gasteiger partial charge is 0.490 e. The summed E-state index contributed by atoms with van der Waals surface area (Å²) in [5.74, 6) is 0.212. The molecule has 0 bridgehead atoms. The lowest BCUT2D eigenvalue weighted by molar-refractivity contribution is -0.142. The number of rotatable bonds is 7. The minimum absolute atomic E-state index is 0.188. The van der Waals surface area contributed by atoms with Gasteiger partial charge in [0.15, 0.2) is 22.4 Å². The van der Waals surface area contributed by atoms with E-state index in [1.54, 1.807) is 24.3 Å². The van der Waals surface area contributed by atoms with Crippen molar-refractivity contribution in [3.05, 3.63) is 57.4 Å². The number of halogens is 1. The van der Waals surface area contributed by atoms with E-state index in [-0.39, 0.29) is 12.5 Å². The summed E-state index contributed by atoms with van der Waals surface area (Å²) in [7, 11) is 1.29. The number of thiocarbonyl (C=S) groups is 1. The van der Waals surface area contributed by atoms with Crippen molar-refractivity contribution in [1.82, 2.24) is 0 Å². The highest BCUT2D eigenvalue weighted by Gasteiger charge is 2.33. The van der Waals surface area contributed by atoms with Crippen molar-refractivity contribution in [2.24, 2.45) is 0 Å². The number of nitrogens with zero attached hydrogens (tertiary/aromatic N) is 1. The Morgan fingerprint density at radius 3 is 2.70 bits per heavy atom. The SMILES string of the molecule is CCOc1cc(/C=C2/SC(=S)N(c3cccc(Br)c3)C2=O)ccc1OCC(=O)OC. The summed E-state index contributed by atoms with van der Waals surface area (Å²) in [6.45, 7) is 2.05. The van der Waals surface area contributed by atoms with Crippen LogP contribution in [0, 0.1) is 0 Å². The maximum Gasteiger partial charge on any atom is 0.343 e. The van der Waals surface area contributed by atoms with Crippen LogP contribution in [0.15, 0.2) is 51.8 Å². The van der Waals surface area contributed by atoms with Gasteiger partial charge in [0.2, 0.25) is 0 Å². The zero-order valence-electron chi connectivity index (χ0n) is 16.2. The third-order valence-electron chi connectivity index (χ3n) is 4.00. The van der Waals surface area contributed by atoms with Crippen LogP contribution in [0.3, 0.4) is 0 Å². The fourth-order valence-corrected chi connectivity index (χ4v) is 4.34. The molecule has 0 aromatic heterocycles. The van der Waals surface area contributed by atoms with Gasteiger partial charge in [-0.15, -0.1) is 0 Å². The number of ether oxygens (including phenoxy) is 3. The minimum atomic E-state index is -0.488. The standard InChI is InChI=1S/C21H18BrNO5S2/c1-3-27-17-9-13(7-8-16(17)28-12-19(24)26-2)10-18-20(25)23(21(29)30-18)15-6-4-5-14(22)11-15/h4-11H,3,12H2,1-2H3/b18-10+.